The molecule has 4 aromatic carbocycles. The Bertz CT molecular complexity index is 2590. The summed E-state index contributed by atoms with van der Waals surface area (Å²) >= 11 is 10.1. The van der Waals surface area contributed by atoms with E-state index in [0.717, 1.165) is 121 Å². The Balaban J connectivity index is 0.000000203. The Kier molecular flexibility index (Phi) is 30.2. The van der Waals surface area contributed by atoms with Gasteiger partial charge in [-0.05, 0) is 178 Å². The quantitative estimate of drug-likeness (QED) is 0.0672. The Morgan fingerprint density at radius 1 is 0.482 bits per heavy atom. The number of rotatable bonds is 25. The van der Waals surface area contributed by atoms with Gasteiger partial charge in [-0.1, -0.05) is 154 Å². The van der Waals surface area contributed by atoms with Gasteiger partial charge in [0.15, 0.2) is 0 Å². The summed E-state index contributed by atoms with van der Waals surface area (Å²) in [6, 6.07) is 30.4. The number of nitrogens with zero attached hydrogens (tertiary/aromatic N) is 3. The first kappa shape index (κ1) is 70.5. The molecule has 2 saturated heterocycles. The van der Waals surface area contributed by atoms with Gasteiger partial charge >= 0.3 is 0 Å². The van der Waals surface area contributed by atoms with E-state index >= 15 is 0 Å². The second-order valence-corrected chi connectivity index (χ2v) is 28.4. The zero-order valence-electron chi connectivity index (χ0n) is 52.3. The van der Waals surface area contributed by atoms with Gasteiger partial charge in [-0.3, -0.25) is 29.0 Å². The molecular weight excluding hydrogens is 1230 g/mol. The van der Waals surface area contributed by atoms with Crippen molar-refractivity contribution in [2.75, 3.05) is 78.5 Å². The summed E-state index contributed by atoms with van der Waals surface area (Å²) in [6.45, 7) is 36.3. The van der Waals surface area contributed by atoms with Gasteiger partial charge in [-0.15, -0.1) is 0 Å². The van der Waals surface area contributed by atoms with Crippen LogP contribution in [0.2, 0.25) is 0 Å². The number of hydrogen-bond donors (Lipinski definition) is 2. The van der Waals surface area contributed by atoms with Gasteiger partial charge in [0.2, 0.25) is 0 Å². The normalized spacial score (nSPS) is 17.7. The lowest BCUT2D eigenvalue weighted by molar-refractivity contribution is -0.124. The summed E-state index contributed by atoms with van der Waals surface area (Å²) in [5.74, 6) is 3.26. The van der Waals surface area contributed by atoms with Crippen molar-refractivity contribution in [3.05, 3.63) is 138 Å². The van der Waals surface area contributed by atoms with Crippen molar-refractivity contribution in [2.24, 2.45) is 41.4 Å². The molecule has 2 N–H and O–H groups in total. The first-order chi connectivity index (χ1) is 39.4. The van der Waals surface area contributed by atoms with E-state index in [1.807, 2.05) is 85.7 Å². The molecule has 0 unspecified atom stereocenters. The minimum atomic E-state index is -0.314. The molecule has 0 bridgehead atoms. The molecule has 2 heterocycles. The zero-order chi connectivity index (χ0) is 60.9. The third-order valence-corrected chi connectivity index (χ3v) is 18.6. The molecule has 458 valence electrons. The van der Waals surface area contributed by atoms with E-state index in [0.29, 0.717) is 34.4 Å². The van der Waals surface area contributed by atoms with Gasteiger partial charge in [0.05, 0.1) is 28.1 Å². The molecule has 2 saturated carbocycles. The van der Waals surface area contributed by atoms with Gasteiger partial charge < -0.3 is 15.5 Å². The minimum Gasteiger partial charge on any atom is -0.315 e. The molecule has 8 rings (SSSR count). The highest BCUT2D eigenvalue weighted by Crippen LogP contribution is 2.31. The topological polar surface area (TPSA) is 102 Å². The Morgan fingerprint density at radius 2 is 0.831 bits per heavy atom. The van der Waals surface area contributed by atoms with Crippen LogP contribution in [-0.4, -0.2) is 122 Å². The molecule has 4 aliphatic rings. The van der Waals surface area contributed by atoms with Crippen molar-refractivity contribution in [1.82, 2.24) is 25.3 Å². The van der Waals surface area contributed by atoms with Gasteiger partial charge in [0.1, 0.15) is 29.0 Å². The number of nitrogens with one attached hydrogen (secondary N) is 2. The first-order valence-electron chi connectivity index (χ1n) is 31.2. The van der Waals surface area contributed by atoms with E-state index in [4.69, 9.17) is 0 Å². The van der Waals surface area contributed by atoms with Crippen LogP contribution in [-0.2, 0) is 19.2 Å². The van der Waals surface area contributed by atoms with Crippen LogP contribution < -0.4 is 10.6 Å². The molecular formula is C70H101Br3FN5O4. The fourth-order valence-corrected chi connectivity index (χ4v) is 11.5. The second kappa shape index (κ2) is 35.5. The van der Waals surface area contributed by atoms with Crippen molar-refractivity contribution in [1.29, 1.82) is 0 Å². The maximum Gasteiger partial charge on any atom is 0.144 e. The average molecular weight is 1340 g/mol. The van der Waals surface area contributed by atoms with Crippen molar-refractivity contribution in [3.8, 4) is 0 Å². The molecule has 4 fully saturated rings. The lowest BCUT2D eigenvalue weighted by Crippen LogP contribution is -2.50. The molecule has 2 aliphatic carbocycles. The van der Waals surface area contributed by atoms with Crippen LogP contribution >= 0.6 is 47.8 Å². The highest BCUT2D eigenvalue weighted by atomic mass is 79.9. The number of ketones is 4. The fourth-order valence-electron chi connectivity index (χ4n) is 10.7. The Labute approximate surface area is 525 Å². The van der Waals surface area contributed by atoms with Crippen molar-refractivity contribution in [3.63, 3.8) is 0 Å². The van der Waals surface area contributed by atoms with Crippen LogP contribution in [0.1, 0.15) is 166 Å². The van der Waals surface area contributed by atoms with E-state index in [2.05, 4.69) is 149 Å². The fraction of sp³-hybridized carbons (Fsp3) is 0.600. The van der Waals surface area contributed by atoms with Gasteiger partial charge in [-0.2, -0.15) is 0 Å². The number of aryl methyl sites for hydroxylation is 1. The molecule has 0 amide bonds. The Morgan fingerprint density at radius 3 is 1.20 bits per heavy atom. The lowest BCUT2D eigenvalue weighted by Gasteiger charge is -2.38. The standard InChI is InChI=1S/C19H29BrN2O.C18H26BrNO.C17H25NO.C16H21BrFNO/c1-14(2)19(23)18(16-5-7-17(20)8-6-16)13-21-9-11-22(12-10-21)15(3)4;1-13(2)18(21)17(15-4-6-16(19)7-5-15)12-20-10-8-14(3)9-11-20;1-12(2)17(19)16(11-18-10-14-6-7-14)15-8-4-13(3)5-9-15;1-10(2)16(20)13(9-19-8-11-3-4-11)12-5-6-14(17)15(18)7-12/h5-8,14-15,18H,9-13H2,1-4H3;4-7,13-14,17H,8-12H2,1-3H3;4-5,8-9,12,14,16,18H,6-7,10-11H2,1-3H3;5-7,10-11,13,19H,3-4,8-9H2,1-2H3/t18-;17-;16-;13-/m1111/s1. The molecule has 4 aromatic rings. The summed E-state index contributed by atoms with van der Waals surface area (Å²) in [5.41, 5.74) is 5.43. The molecule has 2 aliphatic heterocycles. The van der Waals surface area contributed by atoms with Crippen LogP contribution in [0.25, 0.3) is 0 Å². The number of halogens is 4. The van der Waals surface area contributed by atoms with Gasteiger partial charge in [-0.25, -0.2) is 4.39 Å². The number of benzene rings is 4. The van der Waals surface area contributed by atoms with Crippen LogP contribution in [0.3, 0.4) is 0 Å². The number of carbonyl (C=O) groups excluding carboxylic acids is 4. The average Bonchev–Trinajstić information content (AvgIpc) is 4.44. The third-order valence-electron chi connectivity index (χ3n) is 16.9. The number of hydrogen-bond acceptors (Lipinski definition) is 9. The Hall–Kier alpha value is -3.27. The number of piperidine rings is 1. The molecule has 0 spiro atoms. The SMILES string of the molecule is CC(C)C(=O)[C@H](CN1CCN(C(C)C)CC1)c1ccc(Br)cc1.CC(C)C(=O)[C@H](CNCC1CC1)c1ccc(Br)c(F)c1.CC1CCN(C[C@@H](C(=O)C(C)C)c2ccc(Br)cc2)CC1.Cc1ccc([C@@H](CNCC2CC2)C(=O)C(C)C)cc1. The predicted octanol–water partition coefficient (Wildman–Crippen LogP) is 15.5. The summed E-state index contributed by atoms with van der Waals surface area (Å²) in [5, 5.41) is 6.84. The second-order valence-electron chi connectivity index (χ2n) is 25.7. The van der Waals surface area contributed by atoms with Crippen molar-refractivity contribution >= 4 is 70.9 Å². The molecule has 4 atom stereocenters. The molecule has 83 heavy (non-hydrogen) atoms. The molecule has 0 aromatic heterocycles. The minimum absolute atomic E-state index is 0.000602. The maximum absolute atomic E-state index is 13.7. The lowest BCUT2D eigenvalue weighted by atomic mass is 9.87. The third kappa shape index (κ3) is 24.4. The highest BCUT2D eigenvalue weighted by Gasteiger charge is 2.31. The summed E-state index contributed by atoms with van der Waals surface area (Å²) < 4.78 is 16.2. The number of Topliss-reactive ketones (excluding diaryl/α,β-unsaturated/α-hetero) is 4. The van der Waals surface area contributed by atoms with Crippen LogP contribution in [0.15, 0.2) is 104 Å². The predicted molar refractivity (Wildman–Crippen MR) is 353 cm³/mol. The highest BCUT2D eigenvalue weighted by molar-refractivity contribution is 9.11. The summed E-state index contributed by atoms with van der Waals surface area (Å²) in [4.78, 5) is 57.5. The first-order valence-corrected chi connectivity index (χ1v) is 33.6. The molecule has 13 heteroatoms. The number of likely N-dealkylation sites (tertiary alicyclic amines) is 1. The van der Waals surface area contributed by atoms with Crippen molar-refractivity contribution in [2.45, 2.75) is 151 Å². The monoisotopic (exact) mass is 1330 g/mol. The van der Waals surface area contributed by atoms with Gasteiger partial charge in [0, 0.05) is 91.0 Å². The molecule has 9 nitrogen and oxygen atoms in total. The summed E-state index contributed by atoms with van der Waals surface area (Å²) in [7, 11) is 0. The maximum atomic E-state index is 13.7. The van der Waals surface area contributed by atoms with E-state index in [-0.39, 0.29) is 58.9 Å². The van der Waals surface area contributed by atoms with E-state index in [1.165, 1.54) is 50.2 Å². The van der Waals surface area contributed by atoms with E-state index in [9.17, 15) is 23.6 Å². The molecule has 0 radical (unpaired) electrons. The zero-order valence-corrected chi connectivity index (χ0v) is 57.1. The smallest absolute Gasteiger partial charge is 0.144 e. The number of carbonyl (C=O) groups is 4. The van der Waals surface area contributed by atoms with Crippen LogP contribution in [0.5, 0.6) is 0 Å². The van der Waals surface area contributed by atoms with E-state index < -0.39 is 0 Å². The largest absolute Gasteiger partial charge is 0.315 e. The van der Waals surface area contributed by atoms with Crippen LogP contribution in [0.4, 0.5) is 4.39 Å². The van der Waals surface area contributed by atoms with Gasteiger partial charge in [0.25, 0.3) is 0 Å². The number of piperazine rings is 1. The van der Waals surface area contributed by atoms with E-state index in [1.54, 1.807) is 6.07 Å². The summed E-state index contributed by atoms with van der Waals surface area (Å²) in [6.07, 6.45) is 7.76. The van der Waals surface area contributed by atoms with Crippen molar-refractivity contribution < 1.29 is 23.6 Å². The van der Waals surface area contributed by atoms with Crippen LogP contribution in [0, 0.1) is 54.2 Å².